The van der Waals surface area contributed by atoms with Crippen molar-refractivity contribution in [2.24, 2.45) is 0 Å². The average molecular weight is 216 g/mol. The lowest BCUT2D eigenvalue weighted by Crippen LogP contribution is -1.83. The van der Waals surface area contributed by atoms with Crippen molar-refractivity contribution in [1.29, 1.82) is 0 Å². The second-order valence-electron chi connectivity index (χ2n) is 2.62. The molecule has 1 aromatic rings. The van der Waals surface area contributed by atoms with E-state index in [9.17, 15) is 0 Å². The monoisotopic (exact) mass is 215 g/mol. The Labute approximate surface area is 88.4 Å². The van der Waals surface area contributed by atoms with Crippen molar-refractivity contribution in [2.45, 2.75) is 12.8 Å². The summed E-state index contributed by atoms with van der Waals surface area (Å²) in [6.07, 6.45) is 9.29. The number of nitrogens with zero attached hydrogens (tertiary/aromatic N) is 1. The highest BCUT2D eigenvalue weighted by Gasteiger charge is 1.95. The van der Waals surface area contributed by atoms with Gasteiger partial charge in [-0.05, 0) is 24.5 Å². The van der Waals surface area contributed by atoms with E-state index in [1.807, 2.05) is 6.07 Å². The first kappa shape index (κ1) is 10.6. The van der Waals surface area contributed by atoms with Crippen LogP contribution in [0.3, 0.4) is 0 Å². The van der Waals surface area contributed by atoms with Gasteiger partial charge in [0.15, 0.2) is 0 Å². The van der Waals surface area contributed by atoms with Crippen molar-refractivity contribution in [3.63, 3.8) is 0 Å². The first-order chi connectivity index (χ1) is 6.34. The molecular weight excluding hydrogens is 205 g/mol. The van der Waals surface area contributed by atoms with E-state index in [1.165, 1.54) is 0 Å². The molecule has 0 aliphatic heterocycles. The minimum Gasteiger partial charge on any atom is -0.263 e. The van der Waals surface area contributed by atoms with E-state index in [0.29, 0.717) is 5.88 Å². The second-order valence-corrected chi connectivity index (χ2v) is 3.41. The van der Waals surface area contributed by atoms with Crippen molar-refractivity contribution < 1.29 is 0 Å². The summed E-state index contributed by atoms with van der Waals surface area (Å²) in [4.78, 5) is 3.91. The molecule has 0 aliphatic rings. The topological polar surface area (TPSA) is 12.9 Å². The maximum atomic E-state index is 5.91. The van der Waals surface area contributed by atoms with Gasteiger partial charge in [-0.3, -0.25) is 4.98 Å². The van der Waals surface area contributed by atoms with Crippen molar-refractivity contribution in [1.82, 2.24) is 4.98 Å². The number of alkyl halides is 1. The summed E-state index contributed by atoms with van der Waals surface area (Å²) in [6.45, 7) is 0. The van der Waals surface area contributed by atoms with Crippen LogP contribution in [0.1, 0.15) is 12.0 Å². The zero-order chi connectivity index (χ0) is 9.52. The molecule has 0 unspecified atom stereocenters. The van der Waals surface area contributed by atoms with Crippen LogP contribution in [0.2, 0.25) is 5.02 Å². The summed E-state index contributed by atoms with van der Waals surface area (Å²) >= 11 is 11.4. The molecule has 1 rings (SSSR count). The van der Waals surface area contributed by atoms with Crippen LogP contribution >= 0.6 is 23.2 Å². The number of allylic oxidation sites excluding steroid dienone is 2. The highest BCUT2D eigenvalue weighted by molar-refractivity contribution is 6.31. The Balaban J connectivity index is 2.49. The Hall–Kier alpha value is -0.530. The van der Waals surface area contributed by atoms with Gasteiger partial charge in [0.2, 0.25) is 0 Å². The predicted octanol–water partition coefficient (Wildman–Crippen LogP) is 3.46. The maximum Gasteiger partial charge on any atom is 0.0624 e. The number of halogens is 2. The van der Waals surface area contributed by atoms with Crippen molar-refractivity contribution in [2.75, 3.05) is 5.88 Å². The van der Waals surface area contributed by atoms with E-state index in [-0.39, 0.29) is 0 Å². The van der Waals surface area contributed by atoms with Gasteiger partial charge in [-0.2, -0.15) is 0 Å². The lowest BCUT2D eigenvalue weighted by Gasteiger charge is -1.97. The molecule has 3 heteroatoms. The lowest BCUT2D eigenvalue weighted by atomic mass is 10.2. The molecule has 0 atom stereocenters. The molecule has 0 amide bonds. The molecule has 0 aliphatic carbocycles. The summed E-state index contributed by atoms with van der Waals surface area (Å²) in [7, 11) is 0. The molecular formula is C10H11Cl2N. The Morgan fingerprint density at radius 3 is 2.92 bits per heavy atom. The number of hydrogen-bond acceptors (Lipinski definition) is 1. The zero-order valence-electron chi connectivity index (χ0n) is 7.21. The molecule has 0 fully saturated rings. The van der Waals surface area contributed by atoms with Gasteiger partial charge in [-0.15, -0.1) is 11.6 Å². The zero-order valence-corrected chi connectivity index (χ0v) is 8.72. The van der Waals surface area contributed by atoms with Crippen molar-refractivity contribution >= 4 is 23.2 Å². The van der Waals surface area contributed by atoms with Gasteiger partial charge in [-0.1, -0.05) is 23.8 Å². The number of pyridine rings is 1. The molecule has 0 N–H and O–H groups in total. The second kappa shape index (κ2) is 6.01. The summed E-state index contributed by atoms with van der Waals surface area (Å²) < 4.78 is 0. The van der Waals surface area contributed by atoms with Gasteiger partial charge in [0, 0.05) is 18.3 Å². The Bertz CT molecular complexity index is 284. The summed E-state index contributed by atoms with van der Waals surface area (Å²) in [5, 5.41) is 0.720. The molecule has 1 aromatic heterocycles. The normalized spacial score (nSPS) is 10.9. The van der Waals surface area contributed by atoms with E-state index in [2.05, 4.69) is 17.1 Å². The first-order valence-corrected chi connectivity index (χ1v) is 5.05. The van der Waals surface area contributed by atoms with Crippen LogP contribution in [0.15, 0.2) is 30.6 Å². The Morgan fingerprint density at radius 1 is 1.38 bits per heavy atom. The Kier molecular flexibility index (Phi) is 4.87. The van der Waals surface area contributed by atoms with Gasteiger partial charge in [0.1, 0.15) is 0 Å². The molecule has 70 valence electrons. The van der Waals surface area contributed by atoms with Crippen molar-refractivity contribution in [3.05, 3.63) is 41.2 Å². The van der Waals surface area contributed by atoms with Crippen LogP contribution in [-0.2, 0) is 6.42 Å². The molecule has 0 spiro atoms. The molecule has 0 radical (unpaired) electrons. The SMILES string of the molecule is ClCCC=CCc1ccncc1Cl. The van der Waals surface area contributed by atoms with Crippen LogP contribution in [0, 0.1) is 0 Å². The average Bonchev–Trinajstić information content (AvgIpc) is 2.15. The molecule has 0 aromatic carbocycles. The minimum absolute atomic E-state index is 0.667. The number of hydrogen-bond donors (Lipinski definition) is 0. The third kappa shape index (κ3) is 3.79. The lowest BCUT2D eigenvalue weighted by molar-refractivity contribution is 1.17. The fourth-order valence-electron chi connectivity index (χ4n) is 0.961. The van der Waals surface area contributed by atoms with Crippen LogP contribution in [0.25, 0.3) is 0 Å². The van der Waals surface area contributed by atoms with Gasteiger partial charge in [-0.25, -0.2) is 0 Å². The number of rotatable bonds is 4. The highest BCUT2D eigenvalue weighted by atomic mass is 35.5. The fraction of sp³-hybridized carbons (Fsp3) is 0.300. The van der Waals surface area contributed by atoms with Gasteiger partial charge < -0.3 is 0 Å². The predicted molar refractivity (Wildman–Crippen MR) is 57.4 cm³/mol. The van der Waals surface area contributed by atoms with E-state index in [4.69, 9.17) is 23.2 Å². The molecule has 0 saturated heterocycles. The van der Waals surface area contributed by atoms with Gasteiger partial charge in [0.05, 0.1) is 5.02 Å². The molecule has 0 bridgehead atoms. The van der Waals surface area contributed by atoms with Gasteiger partial charge in [0.25, 0.3) is 0 Å². The highest BCUT2D eigenvalue weighted by Crippen LogP contribution is 2.14. The maximum absolute atomic E-state index is 5.91. The van der Waals surface area contributed by atoms with Crippen LogP contribution < -0.4 is 0 Å². The van der Waals surface area contributed by atoms with E-state index < -0.39 is 0 Å². The summed E-state index contributed by atoms with van der Waals surface area (Å²) in [5.74, 6) is 0.667. The third-order valence-corrected chi connectivity index (χ3v) is 2.20. The number of aromatic nitrogens is 1. The fourth-order valence-corrected chi connectivity index (χ4v) is 1.28. The molecule has 1 nitrogen and oxygen atoms in total. The van der Waals surface area contributed by atoms with Crippen LogP contribution in [0.4, 0.5) is 0 Å². The molecule has 13 heavy (non-hydrogen) atoms. The van der Waals surface area contributed by atoms with E-state index >= 15 is 0 Å². The largest absolute Gasteiger partial charge is 0.263 e. The van der Waals surface area contributed by atoms with Crippen molar-refractivity contribution in [3.8, 4) is 0 Å². The first-order valence-electron chi connectivity index (χ1n) is 4.14. The standard InChI is InChI=1S/C10H11Cl2N/c11-6-3-1-2-4-9-5-7-13-8-10(9)12/h1-2,5,7-8H,3-4,6H2. The van der Waals surface area contributed by atoms with Crippen LogP contribution in [0.5, 0.6) is 0 Å². The van der Waals surface area contributed by atoms with E-state index in [0.717, 1.165) is 23.4 Å². The summed E-state index contributed by atoms with van der Waals surface area (Å²) in [6, 6.07) is 1.92. The molecule has 0 saturated carbocycles. The Morgan fingerprint density at radius 2 is 2.23 bits per heavy atom. The quantitative estimate of drug-likeness (QED) is 0.554. The smallest absolute Gasteiger partial charge is 0.0624 e. The molecule has 1 heterocycles. The van der Waals surface area contributed by atoms with E-state index in [1.54, 1.807) is 12.4 Å². The van der Waals surface area contributed by atoms with Crippen LogP contribution in [-0.4, -0.2) is 10.9 Å². The minimum atomic E-state index is 0.667. The summed E-state index contributed by atoms with van der Waals surface area (Å²) in [5.41, 5.74) is 1.10. The van der Waals surface area contributed by atoms with Gasteiger partial charge >= 0.3 is 0 Å². The third-order valence-electron chi connectivity index (χ3n) is 1.64.